The van der Waals surface area contributed by atoms with Gasteiger partial charge in [0.05, 0.1) is 54.5 Å². The van der Waals surface area contributed by atoms with Gasteiger partial charge in [-0.25, -0.2) is 24.0 Å². The fourth-order valence-electron chi connectivity index (χ4n) is 16.0. The summed E-state index contributed by atoms with van der Waals surface area (Å²) in [4.78, 5) is 198. The Kier molecular flexibility index (Phi) is 48.2. The Hall–Kier alpha value is -11.0. The van der Waals surface area contributed by atoms with Gasteiger partial charge in [-0.2, -0.15) is 0 Å². The highest BCUT2D eigenvalue weighted by Crippen LogP contribution is 2.43. The second kappa shape index (κ2) is 58.9. The molecule has 3 aliphatic rings. The number of esters is 12. The van der Waals surface area contributed by atoms with Crippen LogP contribution in [0, 0.1) is 0 Å². The number of benzene rings is 4. The summed E-state index contributed by atoms with van der Waals surface area (Å²) in [6.07, 6.45) is -4.03. The van der Waals surface area contributed by atoms with Gasteiger partial charge in [0.1, 0.15) is 62.5 Å². The van der Waals surface area contributed by atoms with Crippen molar-refractivity contribution >= 4 is 83.4 Å². The fourth-order valence-corrected chi connectivity index (χ4v) is 16.0. The molecule has 0 aromatic heterocycles. The van der Waals surface area contributed by atoms with Crippen molar-refractivity contribution in [3.63, 3.8) is 0 Å². The van der Waals surface area contributed by atoms with Gasteiger partial charge in [0.15, 0.2) is 49.2 Å². The first-order chi connectivity index (χ1) is 63.9. The van der Waals surface area contributed by atoms with E-state index in [0.717, 1.165) is 140 Å². The van der Waals surface area contributed by atoms with Crippen LogP contribution in [0.15, 0.2) is 133 Å². The van der Waals surface area contributed by atoms with E-state index in [1.54, 1.807) is 66.7 Å². The number of hydrogen-bond acceptors (Lipinski definition) is 32. The zero-order valence-electron chi connectivity index (χ0n) is 78.3. The topological polar surface area (TPSA) is 429 Å². The largest absolute Gasteiger partial charge is 0.465 e. The Bertz CT molecular complexity index is 4330. The molecule has 7 rings (SSSR count). The highest BCUT2D eigenvalue weighted by molar-refractivity contribution is 5.91. The number of nitrogens with one attached hydrogen (secondary N) is 2. The highest BCUT2D eigenvalue weighted by Gasteiger charge is 2.65. The Balaban J connectivity index is 1.43. The van der Waals surface area contributed by atoms with E-state index >= 15 is 9.59 Å². The van der Waals surface area contributed by atoms with Crippen LogP contribution in [0.5, 0.6) is 0 Å². The van der Waals surface area contributed by atoms with Gasteiger partial charge in [-0.1, -0.05) is 228 Å². The van der Waals surface area contributed by atoms with E-state index in [9.17, 15) is 57.5 Å². The van der Waals surface area contributed by atoms with Gasteiger partial charge in [-0.3, -0.25) is 43.2 Å². The zero-order valence-corrected chi connectivity index (χ0v) is 78.3. The molecule has 2 amide bonds. The predicted octanol–water partition coefficient (Wildman–Crippen LogP) is 13.5. The van der Waals surface area contributed by atoms with Gasteiger partial charge in [0.2, 0.25) is 11.8 Å². The summed E-state index contributed by atoms with van der Waals surface area (Å²) < 4.78 is 113. The second-order valence-electron chi connectivity index (χ2n) is 33.2. The molecule has 4 aromatic carbocycles. The molecule has 0 aliphatic carbocycles. The molecular weight excluding hydrogens is 1730 g/mol. The number of rotatable bonds is 57. The van der Waals surface area contributed by atoms with Gasteiger partial charge < -0.3 is 95.9 Å². The van der Waals surface area contributed by atoms with E-state index in [1.165, 1.54) is 125 Å². The summed E-state index contributed by atoms with van der Waals surface area (Å²) in [6.45, 7) is 8.38. The van der Waals surface area contributed by atoms with Crippen LogP contribution in [0.3, 0.4) is 0 Å². The molecule has 3 heterocycles. The monoisotopic (exact) mass is 1860 g/mol. The van der Waals surface area contributed by atoms with E-state index in [2.05, 4.69) is 24.5 Å². The molecule has 0 spiro atoms. The molecule has 732 valence electrons. The van der Waals surface area contributed by atoms with Gasteiger partial charge in [0, 0.05) is 61.8 Å². The van der Waals surface area contributed by atoms with Gasteiger partial charge in [-0.15, -0.1) is 0 Å². The number of methoxy groups -OCH3 is 1. The number of amides is 2. The first kappa shape index (κ1) is 109. The minimum Gasteiger partial charge on any atom is -0.465 e. The molecule has 0 saturated carbocycles. The van der Waals surface area contributed by atoms with Crippen LogP contribution < -0.4 is 10.6 Å². The molecule has 3 aliphatic heterocycles. The lowest BCUT2D eigenvalue weighted by Gasteiger charge is -2.52. The Morgan fingerprint density at radius 1 is 0.429 bits per heavy atom. The molecule has 3 saturated heterocycles. The molecule has 2 N–H and O–H groups in total. The van der Waals surface area contributed by atoms with Gasteiger partial charge in [0.25, 0.3) is 5.79 Å². The van der Waals surface area contributed by atoms with Crippen LogP contribution in [0.25, 0.3) is 0 Å². The number of ether oxygens (including phenoxy) is 18. The van der Waals surface area contributed by atoms with Crippen LogP contribution in [-0.2, 0) is 133 Å². The molecule has 133 heavy (non-hydrogen) atoms. The maximum absolute atomic E-state index is 15.5. The first-order valence-corrected chi connectivity index (χ1v) is 46.3. The minimum absolute atomic E-state index is 0.00375. The predicted molar refractivity (Wildman–Crippen MR) is 477 cm³/mol. The third-order valence-corrected chi connectivity index (χ3v) is 22.2. The number of carbonyl (C=O) groups excluding carboxylic acids is 14. The van der Waals surface area contributed by atoms with Crippen molar-refractivity contribution in [2.75, 3.05) is 33.5 Å². The Labute approximate surface area is 778 Å². The van der Waals surface area contributed by atoms with Crippen molar-refractivity contribution < 1.29 is 152 Å². The second-order valence-corrected chi connectivity index (χ2v) is 33.2. The maximum atomic E-state index is 15.5. The van der Waals surface area contributed by atoms with Crippen molar-refractivity contribution in [3.05, 3.63) is 156 Å². The molecule has 34 heteroatoms. The van der Waals surface area contributed by atoms with Gasteiger partial charge >= 0.3 is 71.6 Å². The molecule has 3 fully saturated rings. The summed E-state index contributed by atoms with van der Waals surface area (Å²) in [6, 6.07) is 27.5. The standard InChI is InChI=1S/C99H134N2O32/c1-12-14-16-18-20-22-24-26-27-29-31-33-47-57-77(127-94(113)74-53-43-37-44-54-74)76(101-82(110)58-48-34-32-30-28-25-23-21-19-17-15-13-2)60-120-96-90(130-95(114)75-55-45-38-46-56-75)88(125-70(9)108)85(80(128-96)62-118-92(111)72-49-39-35-40-50-72)131-97-91(126-71(10)109)89(86(124-69(8)107)81(129-97)63-119-93(112)73-51-41-36-42-52-73)133-99(98(115)116-11)59-78(121-66(5)104)83(100-64(3)102)87(132-99)84(123-68(7)106)79(122-67(6)105)61-117-65(4)103/h35-47,49-57,76-81,83-91,96-97H,12-34,48,58-63H2,1-11H3,(H,100,102)(H,101,110)/b57-47+/t76-,77+,78-,79+,80+,81+,83+,84+,85+,86-,87-,88-,89-,90+,91+,96+,97+,99-/m0/s1. The van der Waals surface area contributed by atoms with Crippen molar-refractivity contribution in [2.45, 2.75) is 346 Å². The van der Waals surface area contributed by atoms with Crippen LogP contribution in [0.4, 0.5) is 0 Å². The zero-order chi connectivity index (χ0) is 96.6. The highest BCUT2D eigenvalue weighted by atomic mass is 16.8. The number of unbranched alkanes of at least 4 members (excludes halogenated alkanes) is 22. The number of hydrogen-bond donors (Lipinski definition) is 2. The molecule has 0 radical (unpaired) electrons. The van der Waals surface area contributed by atoms with Crippen molar-refractivity contribution in [2.24, 2.45) is 0 Å². The van der Waals surface area contributed by atoms with Crippen LogP contribution >= 0.6 is 0 Å². The SMILES string of the molecule is CCCCCCCCCCCCC/C=C/[C@@H](OC(=O)c1ccccc1)[C@H](CO[C@@H]1O[C@H](COC(=O)c2ccccc2)[C@@H](O[C@H]2O[C@H](COC(=O)c3ccccc3)[C@H](OC(C)=O)[C@H](O[C@]3(C(=O)OC)C[C@H](OC(C)=O)[C@@H](NC(C)=O)[C@@H]([C@H](OC(C)=O)[C@@H](COC(C)=O)OC(C)=O)O3)[C@H]2OC(C)=O)[C@H](OC(C)=O)[C@H]1OC(=O)c1ccccc1)NC(=O)CCCCCCCCCCCCCC. The molecule has 0 bridgehead atoms. The quantitative estimate of drug-likeness (QED) is 0.0179. The average Bonchev–Trinajstić information content (AvgIpc) is 0.738. The van der Waals surface area contributed by atoms with Crippen LogP contribution in [0.1, 0.15) is 278 Å². The third kappa shape index (κ3) is 37.7. The summed E-state index contributed by atoms with van der Waals surface area (Å²) in [7, 11) is 0.836. The number of carbonyl (C=O) groups is 14. The molecule has 4 aromatic rings. The summed E-state index contributed by atoms with van der Waals surface area (Å²) >= 11 is 0. The van der Waals surface area contributed by atoms with E-state index in [1.807, 2.05) is 6.08 Å². The van der Waals surface area contributed by atoms with E-state index in [-0.39, 0.29) is 28.7 Å². The third-order valence-electron chi connectivity index (χ3n) is 22.2. The lowest BCUT2D eigenvalue weighted by Crippen LogP contribution is -2.72. The fraction of sp³-hybridized carbons (Fsp3) is 0.596. The van der Waals surface area contributed by atoms with Crippen LogP contribution in [-0.4, -0.2) is 227 Å². The van der Waals surface area contributed by atoms with Crippen molar-refractivity contribution in [3.8, 4) is 0 Å². The minimum atomic E-state index is -3.29. The van der Waals surface area contributed by atoms with Crippen LogP contribution in [0.2, 0.25) is 0 Å². The number of allylic oxidation sites excluding steroid dienone is 1. The normalized spacial score (nSPS) is 22.4. The lowest BCUT2D eigenvalue weighted by molar-refractivity contribution is -0.386. The molecule has 0 unspecified atom stereocenters. The lowest BCUT2D eigenvalue weighted by atomic mass is 9.87. The van der Waals surface area contributed by atoms with E-state index < -0.39 is 226 Å². The smallest absolute Gasteiger partial charge is 0.366 e. The molecule has 34 nitrogen and oxygen atoms in total. The van der Waals surface area contributed by atoms with E-state index in [0.29, 0.717) is 12.8 Å². The van der Waals surface area contributed by atoms with Crippen molar-refractivity contribution in [1.29, 1.82) is 0 Å². The summed E-state index contributed by atoms with van der Waals surface area (Å²) in [5.41, 5.74) is 0.0273. The van der Waals surface area contributed by atoms with E-state index in [4.69, 9.17) is 85.3 Å². The Morgan fingerprint density at radius 3 is 1.33 bits per heavy atom. The Morgan fingerprint density at radius 2 is 0.865 bits per heavy atom. The maximum Gasteiger partial charge on any atom is 0.366 e. The van der Waals surface area contributed by atoms with Gasteiger partial charge in [-0.05, 0) is 73.9 Å². The average molecular weight is 1860 g/mol. The molecule has 18 atom stereocenters. The first-order valence-electron chi connectivity index (χ1n) is 46.3. The summed E-state index contributed by atoms with van der Waals surface area (Å²) in [5, 5.41) is 5.64. The molecular formula is C99H134N2O32. The van der Waals surface area contributed by atoms with Crippen molar-refractivity contribution in [1.82, 2.24) is 10.6 Å². The summed E-state index contributed by atoms with van der Waals surface area (Å²) in [5.74, 6) is -18.0.